The van der Waals surface area contributed by atoms with Gasteiger partial charge in [0.2, 0.25) is 5.91 Å². The zero-order chi connectivity index (χ0) is 19.7. The van der Waals surface area contributed by atoms with E-state index in [-0.39, 0.29) is 23.2 Å². The Morgan fingerprint density at radius 1 is 1.29 bits per heavy atom. The molecule has 0 aliphatic carbocycles. The predicted octanol–water partition coefficient (Wildman–Crippen LogP) is 4.08. The van der Waals surface area contributed by atoms with E-state index in [2.05, 4.69) is 25.0 Å². The number of nitrogens with zero attached hydrogens (tertiary/aromatic N) is 3. The van der Waals surface area contributed by atoms with Crippen LogP contribution in [0.4, 0.5) is 14.5 Å². The highest BCUT2D eigenvalue weighted by atomic mass is 32.2. The highest BCUT2D eigenvalue weighted by molar-refractivity contribution is 7.99. The molecule has 1 aromatic carbocycles. The fraction of sp³-hybridized carbons (Fsp3) is 0.235. The molecular formula is C17H14F2N4O3S2. The third kappa shape index (κ3) is 3.80. The monoisotopic (exact) mass is 424 g/mol. The molecule has 3 aromatic rings. The second kappa shape index (κ2) is 7.40. The number of amides is 1. The maximum atomic E-state index is 13.1. The number of alkyl halides is 2. The summed E-state index contributed by atoms with van der Waals surface area (Å²) in [7, 11) is 0. The molecule has 7 nitrogen and oxygen atoms in total. The van der Waals surface area contributed by atoms with Gasteiger partial charge in [-0.1, -0.05) is 17.8 Å². The standard InChI is InChI=1S/C17H14F2N4O3S2/c1-2-23-15(13-4-3-7-27-13)21-22-16(23)28-9-14(24)20-10-5-6-11-12(8-10)26-17(18,19)25-11/h3-8H,2,9H2,1H3,(H,20,24). The fourth-order valence-corrected chi connectivity index (χ4v) is 4.14. The number of thiophene rings is 1. The third-order valence-corrected chi connectivity index (χ3v) is 5.62. The van der Waals surface area contributed by atoms with E-state index in [1.807, 2.05) is 29.0 Å². The van der Waals surface area contributed by atoms with Crippen molar-refractivity contribution in [1.82, 2.24) is 14.8 Å². The number of anilines is 1. The molecular weight excluding hydrogens is 410 g/mol. The van der Waals surface area contributed by atoms with Crippen molar-refractivity contribution >= 4 is 34.7 Å². The number of aromatic nitrogens is 3. The number of benzene rings is 1. The molecule has 0 bridgehead atoms. The van der Waals surface area contributed by atoms with Gasteiger partial charge in [0.05, 0.1) is 10.6 Å². The molecule has 1 aliphatic heterocycles. The summed E-state index contributed by atoms with van der Waals surface area (Å²) < 4.78 is 36.8. The van der Waals surface area contributed by atoms with Crippen LogP contribution in [-0.4, -0.2) is 32.7 Å². The van der Waals surface area contributed by atoms with Gasteiger partial charge in [0.1, 0.15) is 0 Å². The van der Waals surface area contributed by atoms with Crippen LogP contribution in [0.5, 0.6) is 11.5 Å². The molecule has 0 saturated heterocycles. The van der Waals surface area contributed by atoms with E-state index in [0.29, 0.717) is 17.4 Å². The third-order valence-electron chi connectivity index (χ3n) is 3.79. The summed E-state index contributed by atoms with van der Waals surface area (Å²) in [6.45, 7) is 2.65. The number of rotatable bonds is 6. The minimum Gasteiger partial charge on any atom is -0.395 e. The van der Waals surface area contributed by atoms with Crippen molar-refractivity contribution < 1.29 is 23.0 Å². The first-order chi connectivity index (χ1) is 13.4. The maximum absolute atomic E-state index is 13.1. The first kappa shape index (κ1) is 18.7. The quantitative estimate of drug-likeness (QED) is 0.601. The predicted molar refractivity (Wildman–Crippen MR) is 101 cm³/mol. The number of halogens is 2. The summed E-state index contributed by atoms with van der Waals surface area (Å²) in [6.07, 6.45) is -3.69. The summed E-state index contributed by atoms with van der Waals surface area (Å²) in [6, 6.07) is 7.99. The number of nitrogens with one attached hydrogen (secondary N) is 1. The molecule has 0 saturated carbocycles. The van der Waals surface area contributed by atoms with E-state index in [9.17, 15) is 13.6 Å². The lowest BCUT2D eigenvalue weighted by Gasteiger charge is -2.07. The molecule has 0 atom stereocenters. The Kier molecular flexibility index (Phi) is 4.94. The second-order valence-electron chi connectivity index (χ2n) is 5.69. The zero-order valence-corrected chi connectivity index (χ0v) is 16.2. The van der Waals surface area contributed by atoms with Crippen molar-refractivity contribution in [3.63, 3.8) is 0 Å². The molecule has 0 unspecified atom stereocenters. The SMILES string of the molecule is CCn1c(SCC(=O)Nc2ccc3c(c2)OC(F)(F)O3)nnc1-c1cccs1. The van der Waals surface area contributed by atoms with Gasteiger partial charge in [-0.15, -0.1) is 30.3 Å². The number of hydrogen-bond acceptors (Lipinski definition) is 7. The normalized spacial score (nSPS) is 14.2. The topological polar surface area (TPSA) is 78.3 Å². The van der Waals surface area contributed by atoms with E-state index < -0.39 is 6.29 Å². The van der Waals surface area contributed by atoms with Gasteiger partial charge < -0.3 is 19.4 Å². The Hall–Kier alpha value is -2.66. The number of fused-ring (bicyclic) bond motifs is 1. The molecule has 28 heavy (non-hydrogen) atoms. The van der Waals surface area contributed by atoms with Crippen LogP contribution < -0.4 is 14.8 Å². The van der Waals surface area contributed by atoms with Crippen LogP contribution >= 0.6 is 23.1 Å². The summed E-state index contributed by atoms with van der Waals surface area (Å²) in [5.74, 6) is 0.347. The second-order valence-corrected chi connectivity index (χ2v) is 7.58. The van der Waals surface area contributed by atoms with Gasteiger partial charge in [0.25, 0.3) is 0 Å². The minimum absolute atomic E-state index is 0.0745. The van der Waals surface area contributed by atoms with E-state index >= 15 is 0 Å². The molecule has 146 valence electrons. The highest BCUT2D eigenvalue weighted by Crippen LogP contribution is 2.42. The summed E-state index contributed by atoms with van der Waals surface area (Å²) in [4.78, 5) is 13.2. The number of ether oxygens (including phenoxy) is 2. The Labute approximate surface area is 166 Å². The van der Waals surface area contributed by atoms with Crippen LogP contribution in [0.2, 0.25) is 0 Å². The number of carbonyl (C=O) groups is 1. The molecule has 1 aliphatic rings. The molecule has 1 amide bonds. The Morgan fingerprint density at radius 3 is 2.86 bits per heavy atom. The Balaban J connectivity index is 1.39. The van der Waals surface area contributed by atoms with Gasteiger partial charge in [0, 0.05) is 18.3 Å². The molecule has 0 radical (unpaired) electrons. The molecule has 2 aromatic heterocycles. The van der Waals surface area contributed by atoms with Gasteiger partial charge in [-0.05, 0) is 30.5 Å². The average molecular weight is 424 g/mol. The van der Waals surface area contributed by atoms with Crippen LogP contribution in [0.3, 0.4) is 0 Å². The minimum atomic E-state index is -3.69. The molecule has 4 rings (SSSR count). The number of thioether (sulfide) groups is 1. The summed E-state index contributed by atoms with van der Waals surface area (Å²) in [5.41, 5.74) is 0.335. The van der Waals surface area contributed by atoms with E-state index in [1.165, 1.54) is 30.0 Å². The first-order valence-corrected chi connectivity index (χ1v) is 10.1. The van der Waals surface area contributed by atoms with Gasteiger partial charge in [-0.3, -0.25) is 4.79 Å². The Bertz CT molecular complexity index is 1010. The number of hydrogen-bond donors (Lipinski definition) is 1. The lowest BCUT2D eigenvalue weighted by atomic mass is 10.3. The van der Waals surface area contributed by atoms with Crippen molar-refractivity contribution in [2.75, 3.05) is 11.1 Å². The van der Waals surface area contributed by atoms with Crippen LogP contribution in [0.1, 0.15) is 6.92 Å². The first-order valence-electron chi connectivity index (χ1n) is 8.25. The van der Waals surface area contributed by atoms with Crippen molar-refractivity contribution in [3.05, 3.63) is 35.7 Å². The van der Waals surface area contributed by atoms with Gasteiger partial charge in [-0.2, -0.15) is 0 Å². The van der Waals surface area contributed by atoms with Crippen molar-refractivity contribution in [3.8, 4) is 22.2 Å². The van der Waals surface area contributed by atoms with Gasteiger partial charge >= 0.3 is 6.29 Å². The average Bonchev–Trinajstić information content (AvgIpc) is 3.36. The van der Waals surface area contributed by atoms with Crippen molar-refractivity contribution in [1.29, 1.82) is 0 Å². The van der Waals surface area contributed by atoms with Crippen LogP contribution in [0, 0.1) is 0 Å². The Morgan fingerprint density at radius 2 is 2.11 bits per heavy atom. The molecule has 0 fully saturated rings. The summed E-state index contributed by atoms with van der Waals surface area (Å²) in [5, 5.41) is 13.6. The largest absolute Gasteiger partial charge is 0.586 e. The van der Waals surface area contributed by atoms with Crippen molar-refractivity contribution in [2.45, 2.75) is 24.9 Å². The van der Waals surface area contributed by atoms with E-state index in [4.69, 9.17) is 0 Å². The lowest BCUT2D eigenvalue weighted by Crippen LogP contribution is -2.25. The van der Waals surface area contributed by atoms with Crippen molar-refractivity contribution in [2.24, 2.45) is 0 Å². The zero-order valence-electron chi connectivity index (χ0n) is 14.5. The maximum Gasteiger partial charge on any atom is 0.586 e. The smallest absolute Gasteiger partial charge is 0.395 e. The van der Waals surface area contributed by atoms with Crippen LogP contribution in [-0.2, 0) is 11.3 Å². The van der Waals surface area contributed by atoms with Gasteiger partial charge in [0.15, 0.2) is 22.5 Å². The summed E-state index contributed by atoms with van der Waals surface area (Å²) >= 11 is 2.82. The molecule has 1 N–H and O–H groups in total. The van der Waals surface area contributed by atoms with Gasteiger partial charge in [-0.25, -0.2) is 0 Å². The van der Waals surface area contributed by atoms with Crippen LogP contribution in [0.25, 0.3) is 10.7 Å². The molecule has 3 heterocycles. The van der Waals surface area contributed by atoms with E-state index in [1.54, 1.807) is 11.3 Å². The fourth-order valence-electron chi connectivity index (χ4n) is 2.62. The van der Waals surface area contributed by atoms with Crippen LogP contribution in [0.15, 0.2) is 40.9 Å². The molecule has 0 spiro atoms. The van der Waals surface area contributed by atoms with E-state index in [0.717, 1.165) is 10.7 Å². The number of carbonyl (C=O) groups excluding carboxylic acids is 1. The molecule has 11 heteroatoms. The highest BCUT2D eigenvalue weighted by Gasteiger charge is 2.43. The lowest BCUT2D eigenvalue weighted by molar-refractivity contribution is -0.286.